The van der Waals surface area contributed by atoms with E-state index in [0.29, 0.717) is 5.69 Å². The van der Waals surface area contributed by atoms with Gasteiger partial charge in [-0.05, 0) is 52.5 Å². The predicted octanol–water partition coefficient (Wildman–Crippen LogP) is 3.24. The first kappa shape index (κ1) is 14.6. The normalized spacial score (nSPS) is 15.3. The molecule has 0 radical (unpaired) electrons. The molecule has 2 heterocycles. The van der Waals surface area contributed by atoms with Gasteiger partial charge in [0.15, 0.2) is 0 Å². The van der Waals surface area contributed by atoms with Crippen LogP contribution in [0.15, 0.2) is 17.2 Å². The lowest BCUT2D eigenvalue weighted by Crippen LogP contribution is -2.23. The lowest BCUT2D eigenvalue weighted by atomic mass is 10.1. The van der Waals surface area contributed by atoms with E-state index in [0.717, 1.165) is 43.7 Å². The molecular formula is C16H23N3O. The van der Waals surface area contributed by atoms with Crippen LogP contribution in [-0.4, -0.2) is 22.4 Å². The van der Waals surface area contributed by atoms with E-state index in [-0.39, 0.29) is 5.91 Å². The Morgan fingerprint density at radius 2 is 2.15 bits per heavy atom. The number of imidazole rings is 1. The van der Waals surface area contributed by atoms with Crippen LogP contribution in [0, 0.1) is 0 Å². The van der Waals surface area contributed by atoms with Crippen LogP contribution in [-0.2, 0) is 6.42 Å². The zero-order chi connectivity index (χ0) is 14.5. The van der Waals surface area contributed by atoms with Gasteiger partial charge >= 0.3 is 0 Å². The molecule has 0 fully saturated rings. The van der Waals surface area contributed by atoms with Crippen LogP contribution in [0.4, 0.5) is 0 Å². The maximum atomic E-state index is 11.8. The van der Waals surface area contributed by atoms with Crippen molar-refractivity contribution in [1.82, 2.24) is 15.3 Å². The van der Waals surface area contributed by atoms with Crippen LogP contribution in [0.2, 0.25) is 0 Å². The monoisotopic (exact) mass is 273 g/mol. The standard InChI is InChI=1S/C16H23N3O/c1-11(2)6-4-7-12(3)10-14-18-13-8-5-9-17-16(20)15(13)19-14/h6,10H,4-5,7-9H2,1-3H3,(H,17,20)(H,18,19)/b12-10+. The summed E-state index contributed by atoms with van der Waals surface area (Å²) >= 11 is 0. The molecule has 0 saturated heterocycles. The third kappa shape index (κ3) is 3.83. The van der Waals surface area contributed by atoms with E-state index in [4.69, 9.17) is 0 Å². The Kier molecular flexibility index (Phi) is 4.77. The number of aromatic nitrogens is 2. The summed E-state index contributed by atoms with van der Waals surface area (Å²) in [6.45, 7) is 7.06. The van der Waals surface area contributed by atoms with Crippen LogP contribution in [0.5, 0.6) is 0 Å². The molecule has 1 aliphatic heterocycles. The number of hydrogen-bond acceptors (Lipinski definition) is 2. The first-order valence-corrected chi connectivity index (χ1v) is 7.24. The Morgan fingerprint density at radius 1 is 1.35 bits per heavy atom. The number of fused-ring (bicyclic) bond motifs is 1. The zero-order valence-corrected chi connectivity index (χ0v) is 12.5. The molecule has 0 atom stereocenters. The average Bonchev–Trinajstić information content (AvgIpc) is 2.69. The van der Waals surface area contributed by atoms with Crippen molar-refractivity contribution < 1.29 is 4.79 Å². The number of carbonyl (C=O) groups is 1. The van der Waals surface area contributed by atoms with E-state index in [1.165, 1.54) is 11.1 Å². The van der Waals surface area contributed by atoms with E-state index in [1.54, 1.807) is 0 Å². The van der Waals surface area contributed by atoms with Crippen molar-refractivity contribution in [2.75, 3.05) is 6.54 Å². The third-order valence-electron chi connectivity index (χ3n) is 3.38. The van der Waals surface area contributed by atoms with Crippen LogP contribution in [0.25, 0.3) is 6.08 Å². The summed E-state index contributed by atoms with van der Waals surface area (Å²) in [6, 6.07) is 0. The van der Waals surface area contributed by atoms with Crippen molar-refractivity contribution in [2.24, 2.45) is 0 Å². The second kappa shape index (κ2) is 6.55. The Balaban J connectivity index is 2.08. The molecule has 1 aliphatic rings. The lowest BCUT2D eigenvalue weighted by Gasteiger charge is -1.98. The highest BCUT2D eigenvalue weighted by Gasteiger charge is 2.19. The SMILES string of the molecule is CC(C)=CCC/C(C)=C/c1nc2c([nH]1)CCCNC2=O. The maximum Gasteiger partial charge on any atom is 0.271 e. The Hall–Kier alpha value is -1.84. The molecule has 2 rings (SSSR count). The highest BCUT2D eigenvalue weighted by Crippen LogP contribution is 2.15. The summed E-state index contributed by atoms with van der Waals surface area (Å²) in [5.41, 5.74) is 4.14. The largest absolute Gasteiger partial charge is 0.351 e. The number of H-pyrrole nitrogens is 1. The van der Waals surface area contributed by atoms with Gasteiger partial charge in [-0.1, -0.05) is 17.2 Å². The number of nitrogens with one attached hydrogen (secondary N) is 2. The molecule has 1 amide bonds. The number of amides is 1. The molecule has 4 heteroatoms. The van der Waals surface area contributed by atoms with E-state index >= 15 is 0 Å². The fourth-order valence-corrected chi connectivity index (χ4v) is 2.31. The minimum absolute atomic E-state index is 0.0596. The zero-order valence-electron chi connectivity index (χ0n) is 12.5. The van der Waals surface area contributed by atoms with E-state index in [1.807, 2.05) is 6.08 Å². The molecule has 4 nitrogen and oxygen atoms in total. The maximum absolute atomic E-state index is 11.8. The Labute approximate surface area is 120 Å². The smallest absolute Gasteiger partial charge is 0.271 e. The summed E-state index contributed by atoms with van der Waals surface area (Å²) in [7, 11) is 0. The van der Waals surface area contributed by atoms with E-state index < -0.39 is 0 Å². The molecule has 0 unspecified atom stereocenters. The molecule has 1 aromatic rings. The van der Waals surface area contributed by atoms with Gasteiger partial charge in [0, 0.05) is 12.2 Å². The van der Waals surface area contributed by atoms with Crippen molar-refractivity contribution in [3.05, 3.63) is 34.4 Å². The second-order valence-corrected chi connectivity index (χ2v) is 5.62. The van der Waals surface area contributed by atoms with E-state index in [9.17, 15) is 4.79 Å². The first-order chi connectivity index (χ1) is 9.56. The summed E-state index contributed by atoms with van der Waals surface area (Å²) < 4.78 is 0. The van der Waals surface area contributed by atoms with Crippen LogP contribution < -0.4 is 5.32 Å². The van der Waals surface area contributed by atoms with Gasteiger partial charge in [-0.2, -0.15) is 0 Å². The highest BCUT2D eigenvalue weighted by molar-refractivity contribution is 5.94. The topological polar surface area (TPSA) is 57.8 Å². The minimum Gasteiger partial charge on any atom is -0.351 e. The summed E-state index contributed by atoms with van der Waals surface area (Å²) in [4.78, 5) is 19.5. The quantitative estimate of drug-likeness (QED) is 0.827. The number of aryl methyl sites for hydroxylation is 1. The fourth-order valence-electron chi connectivity index (χ4n) is 2.31. The lowest BCUT2D eigenvalue weighted by molar-refractivity contribution is 0.0951. The Morgan fingerprint density at radius 3 is 2.90 bits per heavy atom. The fraction of sp³-hybridized carbons (Fsp3) is 0.500. The van der Waals surface area contributed by atoms with Gasteiger partial charge in [-0.3, -0.25) is 4.79 Å². The van der Waals surface area contributed by atoms with Crippen LogP contribution in [0.3, 0.4) is 0 Å². The van der Waals surface area contributed by atoms with Gasteiger partial charge in [0.1, 0.15) is 11.5 Å². The average molecular weight is 273 g/mol. The molecule has 2 N–H and O–H groups in total. The van der Waals surface area contributed by atoms with Crippen LogP contribution in [0.1, 0.15) is 62.0 Å². The molecular weight excluding hydrogens is 250 g/mol. The highest BCUT2D eigenvalue weighted by atomic mass is 16.1. The number of hydrogen-bond donors (Lipinski definition) is 2. The van der Waals surface area contributed by atoms with Crippen molar-refractivity contribution in [1.29, 1.82) is 0 Å². The Bertz CT molecular complexity index is 548. The van der Waals surface area contributed by atoms with Crippen LogP contribution >= 0.6 is 0 Å². The first-order valence-electron chi connectivity index (χ1n) is 7.24. The minimum atomic E-state index is -0.0596. The molecule has 1 aromatic heterocycles. The summed E-state index contributed by atoms with van der Waals surface area (Å²) in [6.07, 6.45) is 8.19. The molecule has 0 saturated carbocycles. The van der Waals surface area contributed by atoms with E-state index in [2.05, 4.69) is 42.1 Å². The van der Waals surface area contributed by atoms with Gasteiger partial charge in [-0.15, -0.1) is 0 Å². The number of carbonyl (C=O) groups excluding carboxylic acids is 1. The second-order valence-electron chi connectivity index (χ2n) is 5.62. The van der Waals surface area contributed by atoms with Gasteiger partial charge in [0.05, 0.1) is 0 Å². The molecule has 0 bridgehead atoms. The molecule has 20 heavy (non-hydrogen) atoms. The number of allylic oxidation sites excluding steroid dienone is 3. The number of nitrogens with zero attached hydrogens (tertiary/aromatic N) is 1. The molecule has 0 aromatic carbocycles. The van der Waals surface area contributed by atoms with Gasteiger partial charge in [0.25, 0.3) is 5.91 Å². The number of rotatable bonds is 4. The molecule has 0 aliphatic carbocycles. The number of aromatic amines is 1. The molecule has 0 spiro atoms. The summed E-state index contributed by atoms with van der Waals surface area (Å²) in [5, 5.41) is 2.86. The van der Waals surface area contributed by atoms with Gasteiger partial charge in [-0.25, -0.2) is 4.98 Å². The van der Waals surface area contributed by atoms with Gasteiger partial charge in [0.2, 0.25) is 0 Å². The summed E-state index contributed by atoms with van der Waals surface area (Å²) in [5.74, 6) is 0.734. The molecule has 108 valence electrons. The van der Waals surface area contributed by atoms with Crippen molar-refractivity contribution in [3.63, 3.8) is 0 Å². The van der Waals surface area contributed by atoms with Gasteiger partial charge < -0.3 is 10.3 Å². The van der Waals surface area contributed by atoms with Crippen molar-refractivity contribution in [2.45, 2.75) is 46.5 Å². The van der Waals surface area contributed by atoms with Crippen molar-refractivity contribution in [3.8, 4) is 0 Å². The third-order valence-corrected chi connectivity index (χ3v) is 3.38. The van der Waals surface area contributed by atoms with Crippen molar-refractivity contribution >= 4 is 12.0 Å². The predicted molar refractivity (Wildman–Crippen MR) is 81.6 cm³/mol.